The van der Waals surface area contributed by atoms with Gasteiger partial charge in [-0.05, 0) is 49.6 Å². The minimum atomic E-state index is -0.213. The summed E-state index contributed by atoms with van der Waals surface area (Å²) in [5, 5.41) is 3.56. The zero-order valence-corrected chi connectivity index (χ0v) is 14.1. The summed E-state index contributed by atoms with van der Waals surface area (Å²) in [6, 6.07) is 13.7. The first-order chi connectivity index (χ1) is 10.1. The third kappa shape index (κ3) is 4.65. The van der Waals surface area contributed by atoms with Crippen molar-refractivity contribution in [2.75, 3.05) is 6.54 Å². The highest BCUT2D eigenvalue weighted by atomic mass is 79.9. The van der Waals surface area contributed by atoms with Crippen molar-refractivity contribution in [3.8, 4) is 0 Å². The first kappa shape index (κ1) is 16.2. The zero-order chi connectivity index (χ0) is 15.2. The average Bonchev–Trinajstić information content (AvgIpc) is 2.46. The van der Waals surface area contributed by atoms with Crippen LogP contribution in [0.25, 0.3) is 0 Å². The lowest BCUT2D eigenvalue weighted by atomic mass is 9.98. The average molecular weight is 350 g/mol. The van der Waals surface area contributed by atoms with Crippen molar-refractivity contribution in [1.82, 2.24) is 5.32 Å². The van der Waals surface area contributed by atoms with E-state index < -0.39 is 0 Å². The summed E-state index contributed by atoms with van der Waals surface area (Å²) in [6.07, 6.45) is 1.97. The van der Waals surface area contributed by atoms with Crippen molar-refractivity contribution in [2.45, 2.75) is 32.7 Å². The van der Waals surface area contributed by atoms with Crippen LogP contribution in [0.2, 0.25) is 0 Å². The molecule has 1 atom stereocenters. The summed E-state index contributed by atoms with van der Waals surface area (Å²) in [5.41, 5.74) is 3.65. The topological polar surface area (TPSA) is 12.0 Å². The predicted octanol–water partition coefficient (Wildman–Crippen LogP) is 5.18. The molecule has 0 amide bonds. The van der Waals surface area contributed by atoms with E-state index in [2.05, 4.69) is 59.4 Å². The van der Waals surface area contributed by atoms with Crippen LogP contribution in [0.1, 0.15) is 36.1 Å². The lowest BCUT2D eigenvalue weighted by Crippen LogP contribution is -2.24. The van der Waals surface area contributed by atoms with E-state index in [4.69, 9.17) is 0 Å². The van der Waals surface area contributed by atoms with Crippen LogP contribution in [0.15, 0.2) is 46.9 Å². The number of benzene rings is 2. The highest BCUT2D eigenvalue weighted by Gasteiger charge is 2.15. The van der Waals surface area contributed by atoms with Crippen molar-refractivity contribution in [2.24, 2.45) is 0 Å². The van der Waals surface area contributed by atoms with Gasteiger partial charge in [0.15, 0.2) is 0 Å². The number of halogens is 2. The van der Waals surface area contributed by atoms with E-state index in [-0.39, 0.29) is 11.9 Å². The second-order valence-electron chi connectivity index (χ2n) is 5.36. The van der Waals surface area contributed by atoms with E-state index in [1.807, 2.05) is 6.07 Å². The number of rotatable bonds is 6. The van der Waals surface area contributed by atoms with Crippen LogP contribution < -0.4 is 5.32 Å². The second kappa shape index (κ2) is 7.71. The van der Waals surface area contributed by atoms with E-state index in [9.17, 15) is 4.39 Å². The highest BCUT2D eigenvalue weighted by Crippen LogP contribution is 2.27. The van der Waals surface area contributed by atoms with Gasteiger partial charge < -0.3 is 5.32 Å². The molecule has 0 aromatic heterocycles. The molecule has 0 radical (unpaired) electrons. The molecule has 1 nitrogen and oxygen atoms in total. The summed E-state index contributed by atoms with van der Waals surface area (Å²) < 4.78 is 14.1. The molecule has 0 fully saturated rings. The van der Waals surface area contributed by atoms with Crippen LogP contribution in [0.3, 0.4) is 0 Å². The van der Waals surface area contributed by atoms with E-state index in [1.54, 1.807) is 0 Å². The van der Waals surface area contributed by atoms with Crippen molar-refractivity contribution in [1.29, 1.82) is 0 Å². The summed E-state index contributed by atoms with van der Waals surface area (Å²) >= 11 is 3.48. The van der Waals surface area contributed by atoms with Gasteiger partial charge in [0.05, 0.1) is 0 Å². The fraction of sp³-hybridized carbons (Fsp3) is 0.333. The molecular weight excluding hydrogens is 329 g/mol. The molecule has 1 unspecified atom stereocenters. The SMILES string of the molecule is CCCNC(Cc1ccc(C)cc1)c1ccc(F)cc1Br. The standard InChI is InChI=1S/C18H21BrFN/c1-3-10-21-18(11-14-6-4-13(2)5-7-14)16-9-8-15(20)12-17(16)19/h4-9,12,18,21H,3,10-11H2,1-2H3. The van der Waals surface area contributed by atoms with Crippen LogP contribution >= 0.6 is 15.9 Å². The van der Waals surface area contributed by atoms with Crippen LogP contribution in [-0.2, 0) is 6.42 Å². The quantitative estimate of drug-likeness (QED) is 0.757. The molecule has 0 aliphatic rings. The largest absolute Gasteiger partial charge is 0.310 e. The van der Waals surface area contributed by atoms with E-state index in [0.717, 1.165) is 29.4 Å². The number of nitrogens with one attached hydrogen (secondary N) is 1. The van der Waals surface area contributed by atoms with E-state index in [1.165, 1.54) is 23.3 Å². The van der Waals surface area contributed by atoms with Gasteiger partial charge in [-0.15, -0.1) is 0 Å². The van der Waals surface area contributed by atoms with Crippen LogP contribution in [0.4, 0.5) is 4.39 Å². The molecule has 1 N–H and O–H groups in total. The Labute approximate surface area is 134 Å². The van der Waals surface area contributed by atoms with Crippen molar-refractivity contribution >= 4 is 15.9 Å². The number of aryl methyl sites for hydroxylation is 1. The lowest BCUT2D eigenvalue weighted by Gasteiger charge is -2.20. The molecule has 2 aromatic carbocycles. The molecule has 0 saturated heterocycles. The molecule has 0 aliphatic heterocycles. The molecule has 0 spiro atoms. The van der Waals surface area contributed by atoms with Crippen molar-refractivity contribution < 1.29 is 4.39 Å². The number of hydrogen-bond donors (Lipinski definition) is 1. The van der Waals surface area contributed by atoms with Gasteiger partial charge in [0, 0.05) is 10.5 Å². The lowest BCUT2D eigenvalue weighted by molar-refractivity contribution is 0.525. The van der Waals surface area contributed by atoms with Gasteiger partial charge in [-0.2, -0.15) is 0 Å². The highest BCUT2D eigenvalue weighted by molar-refractivity contribution is 9.10. The minimum absolute atomic E-state index is 0.183. The third-order valence-corrected chi connectivity index (χ3v) is 4.23. The Bertz CT molecular complexity index is 580. The predicted molar refractivity (Wildman–Crippen MR) is 90.0 cm³/mol. The van der Waals surface area contributed by atoms with Gasteiger partial charge in [-0.1, -0.05) is 58.7 Å². The van der Waals surface area contributed by atoms with Gasteiger partial charge in [0.1, 0.15) is 5.82 Å². The molecule has 0 bridgehead atoms. The van der Waals surface area contributed by atoms with Gasteiger partial charge in [-0.25, -0.2) is 4.39 Å². The van der Waals surface area contributed by atoms with Gasteiger partial charge >= 0.3 is 0 Å². The smallest absolute Gasteiger partial charge is 0.124 e. The zero-order valence-electron chi connectivity index (χ0n) is 12.5. The summed E-state index contributed by atoms with van der Waals surface area (Å²) in [4.78, 5) is 0. The molecule has 21 heavy (non-hydrogen) atoms. The first-order valence-corrected chi connectivity index (χ1v) is 8.13. The molecule has 112 valence electrons. The van der Waals surface area contributed by atoms with Gasteiger partial charge in [0.2, 0.25) is 0 Å². The Hall–Kier alpha value is -1.19. The maximum absolute atomic E-state index is 13.3. The van der Waals surface area contributed by atoms with Crippen molar-refractivity contribution in [3.63, 3.8) is 0 Å². The van der Waals surface area contributed by atoms with E-state index in [0.29, 0.717) is 0 Å². The number of hydrogen-bond acceptors (Lipinski definition) is 1. The van der Waals surface area contributed by atoms with Gasteiger partial charge in [0.25, 0.3) is 0 Å². The van der Waals surface area contributed by atoms with Crippen molar-refractivity contribution in [3.05, 3.63) is 69.4 Å². The maximum Gasteiger partial charge on any atom is 0.124 e. The summed E-state index contributed by atoms with van der Waals surface area (Å²) in [7, 11) is 0. The molecule has 2 rings (SSSR count). The Morgan fingerprint density at radius 3 is 2.48 bits per heavy atom. The molecule has 0 heterocycles. The van der Waals surface area contributed by atoms with Crippen LogP contribution in [0.5, 0.6) is 0 Å². The Balaban J connectivity index is 2.22. The monoisotopic (exact) mass is 349 g/mol. The van der Waals surface area contributed by atoms with Crippen LogP contribution in [0, 0.1) is 12.7 Å². The summed E-state index contributed by atoms with van der Waals surface area (Å²) in [5.74, 6) is -0.213. The second-order valence-corrected chi connectivity index (χ2v) is 6.22. The molecular formula is C18H21BrFN. The first-order valence-electron chi connectivity index (χ1n) is 7.34. The van der Waals surface area contributed by atoms with Crippen LogP contribution in [-0.4, -0.2) is 6.54 Å². The molecule has 2 aromatic rings. The summed E-state index contributed by atoms with van der Waals surface area (Å²) in [6.45, 7) is 5.18. The normalized spacial score (nSPS) is 12.4. The Morgan fingerprint density at radius 1 is 1.14 bits per heavy atom. The molecule has 0 saturated carbocycles. The fourth-order valence-electron chi connectivity index (χ4n) is 2.35. The van der Waals surface area contributed by atoms with E-state index >= 15 is 0 Å². The molecule has 0 aliphatic carbocycles. The van der Waals surface area contributed by atoms with Gasteiger partial charge in [-0.3, -0.25) is 0 Å². The molecule has 3 heteroatoms. The Kier molecular flexibility index (Phi) is 5.95. The minimum Gasteiger partial charge on any atom is -0.310 e. The maximum atomic E-state index is 13.3. The third-order valence-electron chi connectivity index (χ3n) is 3.54. The Morgan fingerprint density at radius 2 is 1.86 bits per heavy atom. The fourth-order valence-corrected chi connectivity index (χ4v) is 2.98.